The molecule has 1 aliphatic heterocycles. The summed E-state index contributed by atoms with van der Waals surface area (Å²) >= 11 is 4.14. The highest BCUT2D eigenvalue weighted by molar-refractivity contribution is 9.10. The summed E-state index contributed by atoms with van der Waals surface area (Å²) in [5.41, 5.74) is 3.12. The standard InChI is InChI=1S/C25H25BrN2O7S/c1-5-34-19-10-16(9-17(26)23(19)35-13-22(30)33-4)11-20-24(31)28(25(32)36-20)12-21(29)27-18-7-6-14(2)8-15(18)3/h6-11H,5,12-13H2,1-4H3,(H,27,29)/b20-11-. The Morgan fingerprint density at radius 3 is 2.56 bits per heavy atom. The molecule has 0 spiro atoms. The van der Waals surface area contributed by atoms with Gasteiger partial charge in [0, 0.05) is 5.69 Å². The van der Waals surface area contributed by atoms with Crippen LogP contribution in [-0.2, 0) is 19.1 Å². The Balaban J connectivity index is 1.76. The third kappa shape index (κ3) is 6.67. The average Bonchev–Trinajstić information content (AvgIpc) is 3.07. The van der Waals surface area contributed by atoms with E-state index in [4.69, 9.17) is 9.47 Å². The minimum atomic E-state index is -0.569. The number of esters is 1. The molecule has 0 bridgehead atoms. The molecule has 1 aliphatic rings. The van der Waals surface area contributed by atoms with E-state index in [2.05, 4.69) is 26.0 Å². The summed E-state index contributed by atoms with van der Waals surface area (Å²) in [5, 5.41) is 2.21. The summed E-state index contributed by atoms with van der Waals surface area (Å²) in [6, 6.07) is 8.87. The van der Waals surface area contributed by atoms with Gasteiger partial charge in [0.1, 0.15) is 6.54 Å². The minimum absolute atomic E-state index is 0.164. The van der Waals surface area contributed by atoms with Crippen molar-refractivity contribution in [2.45, 2.75) is 20.8 Å². The molecule has 3 rings (SSSR count). The first kappa shape index (κ1) is 27.3. The number of imide groups is 1. The predicted octanol–water partition coefficient (Wildman–Crippen LogP) is 4.69. The zero-order valence-electron chi connectivity index (χ0n) is 20.2. The van der Waals surface area contributed by atoms with Gasteiger partial charge in [0.15, 0.2) is 18.1 Å². The van der Waals surface area contributed by atoms with E-state index < -0.39 is 29.6 Å². The molecule has 1 fully saturated rings. The Bertz CT molecular complexity index is 1250. The molecule has 0 unspecified atom stereocenters. The highest BCUT2D eigenvalue weighted by Crippen LogP contribution is 2.39. The van der Waals surface area contributed by atoms with Crippen LogP contribution in [0.1, 0.15) is 23.6 Å². The van der Waals surface area contributed by atoms with Gasteiger partial charge in [-0.15, -0.1) is 0 Å². The quantitative estimate of drug-likeness (QED) is 0.338. The number of nitrogens with zero attached hydrogens (tertiary/aromatic N) is 1. The zero-order valence-corrected chi connectivity index (χ0v) is 22.6. The van der Waals surface area contributed by atoms with Gasteiger partial charge in [-0.3, -0.25) is 19.3 Å². The average molecular weight is 577 g/mol. The fourth-order valence-corrected chi connectivity index (χ4v) is 4.75. The number of anilines is 1. The predicted molar refractivity (Wildman–Crippen MR) is 140 cm³/mol. The summed E-state index contributed by atoms with van der Waals surface area (Å²) in [5.74, 6) is -0.951. The van der Waals surface area contributed by atoms with Crippen LogP contribution in [0.25, 0.3) is 6.08 Å². The molecule has 2 aromatic rings. The molecular formula is C25H25BrN2O7S. The van der Waals surface area contributed by atoms with Gasteiger partial charge in [-0.05, 0) is 83.9 Å². The third-order valence-electron chi connectivity index (χ3n) is 5.02. The van der Waals surface area contributed by atoms with Gasteiger partial charge in [0.25, 0.3) is 11.1 Å². The van der Waals surface area contributed by atoms with E-state index in [9.17, 15) is 19.2 Å². The molecule has 1 heterocycles. The SMILES string of the molecule is CCOc1cc(/C=C2\SC(=O)N(CC(=O)Nc3ccc(C)cc3C)C2=O)cc(Br)c1OCC(=O)OC. The molecule has 1 N–H and O–H groups in total. The first-order chi connectivity index (χ1) is 17.1. The molecule has 0 atom stereocenters. The van der Waals surface area contributed by atoms with Gasteiger partial charge < -0.3 is 19.5 Å². The zero-order chi connectivity index (χ0) is 26.4. The number of aryl methyl sites for hydroxylation is 2. The molecule has 0 aromatic heterocycles. The number of thioether (sulfide) groups is 1. The van der Waals surface area contributed by atoms with E-state index in [1.807, 2.05) is 26.0 Å². The molecule has 9 nitrogen and oxygen atoms in total. The first-order valence-corrected chi connectivity index (χ1v) is 12.5. The number of carbonyl (C=O) groups is 4. The Morgan fingerprint density at radius 2 is 1.89 bits per heavy atom. The van der Waals surface area contributed by atoms with Gasteiger partial charge in [-0.2, -0.15) is 0 Å². The van der Waals surface area contributed by atoms with Gasteiger partial charge in [-0.25, -0.2) is 4.79 Å². The number of hydrogen-bond acceptors (Lipinski definition) is 8. The third-order valence-corrected chi connectivity index (χ3v) is 6.52. The largest absolute Gasteiger partial charge is 0.490 e. The van der Waals surface area contributed by atoms with E-state index >= 15 is 0 Å². The molecule has 11 heteroatoms. The Hall–Kier alpha value is -3.31. The Morgan fingerprint density at radius 1 is 1.14 bits per heavy atom. The second-order valence-corrected chi connectivity index (χ2v) is 9.61. The van der Waals surface area contributed by atoms with Crippen LogP contribution < -0.4 is 14.8 Å². The van der Waals surface area contributed by atoms with Gasteiger partial charge in [-0.1, -0.05) is 17.7 Å². The van der Waals surface area contributed by atoms with Crippen molar-refractivity contribution in [1.82, 2.24) is 4.90 Å². The number of carbonyl (C=O) groups excluding carboxylic acids is 4. The van der Waals surface area contributed by atoms with Crippen molar-refractivity contribution in [3.05, 3.63) is 56.4 Å². The monoisotopic (exact) mass is 576 g/mol. The lowest BCUT2D eigenvalue weighted by molar-refractivity contribution is -0.143. The fourth-order valence-electron chi connectivity index (χ4n) is 3.34. The summed E-state index contributed by atoms with van der Waals surface area (Å²) < 4.78 is 16.2. The molecule has 3 amide bonds. The van der Waals surface area contributed by atoms with Crippen LogP contribution in [0.2, 0.25) is 0 Å². The molecule has 0 radical (unpaired) electrons. The molecule has 1 saturated heterocycles. The summed E-state index contributed by atoms with van der Waals surface area (Å²) in [6.45, 7) is 5.23. The number of amides is 3. The Kier molecular flexibility index (Phi) is 9.16. The van der Waals surface area contributed by atoms with Gasteiger partial charge in [0.05, 0.1) is 23.1 Å². The van der Waals surface area contributed by atoms with Crippen molar-refractivity contribution in [2.24, 2.45) is 0 Å². The van der Waals surface area contributed by atoms with Crippen molar-refractivity contribution >= 4 is 62.5 Å². The Labute approximate surface area is 221 Å². The van der Waals surface area contributed by atoms with Crippen LogP contribution in [0.5, 0.6) is 11.5 Å². The van der Waals surface area contributed by atoms with Gasteiger partial charge in [0.2, 0.25) is 5.91 Å². The lowest BCUT2D eigenvalue weighted by Gasteiger charge is -2.14. The van der Waals surface area contributed by atoms with Crippen molar-refractivity contribution in [3.63, 3.8) is 0 Å². The van der Waals surface area contributed by atoms with Crippen molar-refractivity contribution in [1.29, 1.82) is 0 Å². The fraction of sp³-hybridized carbons (Fsp3) is 0.280. The maximum atomic E-state index is 12.9. The molecule has 190 valence electrons. The maximum Gasteiger partial charge on any atom is 0.343 e. The number of benzene rings is 2. The minimum Gasteiger partial charge on any atom is -0.490 e. The lowest BCUT2D eigenvalue weighted by atomic mass is 10.1. The number of rotatable bonds is 9. The van der Waals surface area contributed by atoms with E-state index in [1.54, 1.807) is 25.1 Å². The van der Waals surface area contributed by atoms with Crippen molar-refractivity contribution < 1.29 is 33.4 Å². The van der Waals surface area contributed by atoms with Crippen LogP contribution in [0.4, 0.5) is 10.5 Å². The van der Waals surface area contributed by atoms with Crippen molar-refractivity contribution in [3.8, 4) is 11.5 Å². The van der Waals surface area contributed by atoms with E-state index in [-0.39, 0.29) is 11.5 Å². The molecule has 36 heavy (non-hydrogen) atoms. The summed E-state index contributed by atoms with van der Waals surface area (Å²) in [6.07, 6.45) is 1.53. The van der Waals surface area contributed by atoms with Crippen LogP contribution in [0, 0.1) is 13.8 Å². The highest BCUT2D eigenvalue weighted by atomic mass is 79.9. The second kappa shape index (κ2) is 12.1. The van der Waals surface area contributed by atoms with E-state index in [0.29, 0.717) is 33.8 Å². The van der Waals surface area contributed by atoms with Crippen LogP contribution in [0.15, 0.2) is 39.7 Å². The smallest absolute Gasteiger partial charge is 0.343 e. The normalized spacial score (nSPS) is 14.2. The molecular weight excluding hydrogens is 552 g/mol. The topological polar surface area (TPSA) is 111 Å². The number of ether oxygens (including phenoxy) is 3. The van der Waals surface area contributed by atoms with E-state index in [0.717, 1.165) is 27.8 Å². The van der Waals surface area contributed by atoms with E-state index in [1.165, 1.54) is 13.2 Å². The molecule has 2 aromatic carbocycles. The van der Waals surface area contributed by atoms with Crippen LogP contribution in [0.3, 0.4) is 0 Å². The number of methoxy groups -OCH3 is 1. The molecule has 0 aliphatic carbocycles. The maximum absolute atomic E-state index is 12.9. The first-order valence-electron chi connectivity index (χ1n) is 10.9. The van der Waals surface area contributed by atoms with Gasteiger partial charge >= 0.3 is 5.97 Å². The van der Waals surface area contributed by atoms with Crippen molar-refractivity contribution in [2.75, 3.05) is 32.2 Å². The molecule has 0 saturated carbocycles. The van der Waals surface area contributed by atoms with Crippen LogP contribution in [-0.4, -0.2) is 54.8 Å². The highest BCUT2D eigenvalue weighted by Gasteiger charge is 2.36. The number of halogens is 1. The number of nitrogens with one attached hydrogen (secondary N) is 1. The lowest BCUT2D eigenvalue weighted by Crippen LogP contribution is -2.36. The van der Waals surface area contributed by atoms with Crippen LogP contribution >= 0.6 is 27.7 Å². The summed E-state index contributed by atoms with van der Waals surface area (Å²) in [7, 11) is 1.26. The second-order valence-electron chi connectivity index (χ2n) is 7.76. The number of hydrogen-bond donors (Lipinski definition) is 1. The summed E-state index contributed by atoms with van der Waals surface area (Å²) in [4.78, 5) is 50.5.